The molecule has 9 nitrogen and oxygen atoms in total. The summed E-state index contributed by atoms with van der Waals surface area (Å²) in [5.74, 6) is -0.730. The zero-order chi connectivity index (χ0) is 24.3. The molecule has 11 heteroatoms. The van der Waals surface area contributed by atoms with Gasteiger partial charge in [-0.15, -0.1) is 0 Å². The monoisotopic (exact) mass is 550 g/mol. The molecule has 2 aromatic rings. The first-order chi connectivity index (χ1) is 16.2. The third-order valence-electron chi connectivity index (χ3n) is 6.05. The molecular weight excluding hydrogens is 523 g/mol. The summed E-state index contributed by atoms with van der Waals surface area (Å²) in [6.45, 7) is -0.313. The van der Waals surface area contributed by atoms with Crippen LogP contribution in [-0.4, -0.2) is 58.2 Å². The molecular formula is C23H26N4O5SSe. The second-order valence-electron chi connectivity index (χ2n) is 8.51. The summed E-state index contributed by atoms with van der Waals surface area (Å²) < 4.78 is 23.8. The summed E-state index contributed by atoms with van der Waals surface area (Å²) in [5, 5.41) is 11.4. The van der Waals surface area contributed by atoms with Gasteiger partial charge < -0.3 is 0 Å². The minimum atomic E-state index is -3.70. The Hall–Kier alpha value is -2.72. The van der Waals surface area contributed by atoms with Crippen molar-refractivity contribution in [3.8, 4) is 0 Å². The number of primary sulfonamides is 1. The summed E-state index contributed by atoms with van der Waals surface area (Å²) >= 11 is 0.111. The van der Waals surface area contributed by atoms with Crippen LogP contribution < -0.4 is 20.2 Å². The van der Waals surface area contributed by atoms with E-state index >= 15 is 0 Å². The number of carbonyl (C=O) groups excluding carboxylic acids is 3. The van der Waals surface area contributed by atoms with Crippen LogP contribution in [0.5, 0.6) is 0 Å². The molecule has 4 amide bonds. The van der Waals surface area contributed by atoms with E-state index in [0.29, 0.717) is 18.5 Å². The van der Waals surface area contributed by atoms with Crippen LogP contribution in [0.3, 0.4) is 0 Å². The molecule has 0 aromatic heterocycles. The molecule has 0 unspecified atom stereocenters. The Morgan fingerprint density at radius 3 is 2.29 bits per heavy atom. The van der Waals surface area contributed by atoms with Gasteiger partial charge in [0.15, 0.2) is 0 Å². The van der Waals surface area contributed by atoms with Gasteiger partial charge in [-0.25, -0.2) is 0 Å². The first-order valence-electron chi connectivity index (χ1n) is 10.9. The van der Waals surface area contributed by atoms with Crippen LogP contribution in [0.2, 0.25) is 0 Å². The van der Waals surface area contributed by atoms with Crippen molar-refractivity contribution in [2.24, 2.45) is 5.14 Å². The maximum absolute atomic E-state index is 12.8. The van der Waals surface area contributed by atoms with Crippen LogP contribution in [-0.2, 0) is 24.9 Å². The molecule has 2 aliphatic rings. The molecule has 0 atom stereocenters. The standard InChI is InChI=1S/C23H26N4O5SSe/c24-33(31,32)18-8-4-16(5-9-18)15-34-19-10-6-17(7-11-19)25-20(28)14-27-21(29)23(26-22(27)30)12-2-1-3-13-23/h4-11H,1-3,12-15H2,(H,25,28)(H,26,30)(H2,24,31,32). The van der Waals surface area contributed by atoms with E-state index in [0.717, 1.165) is 39.5 Å². The Morgan fingerprint density at radius 2 is 1.68 bits per heavy atom. The van der Waals surface area contributed by atoms with Gasteiger partial charge in [0.05, 0.1) is 0 Å². The first kappa shape index (κ1) is 24.4. The molecule has 0 bridgehead atoms. The average molecular weight is 550 g/mol. The quantitative estimate of drug-likeness (QED) is 0.350. The maximum atomic E-state index is 12.8. The zero-order valence-corrected chi connectivity index (χ0v) is 21.0. The minimum absolute atomic E-state index is 0.0888. The average Bonchev–Trinajstić information content (AvgIpc) is 3.02. The molecule has 1 heterocycles. The van der Waals surface area contributed by atoms with Gasteiger partial charge in [0.2, 0.25) is 0 Å². The fourth-order valence-electron chi connectivity index (χ4n) is 4.23. The van der Waals surface area contributed by atoms with Crippen molar-refractivity contribution in [3.63, 3.8) is 0 Å². The van der Waals surface area contributed by atoms with E-state index in [1.165, 1.54) is 12.1 Å². The number of benzene rings is 2. The van der Waals surface area contributed by atoms with Gasteiger partial charge in [-0.1, -0.05) is 6.42 Å². The topological polar surface area (TPSA) is 139 Å². The van der Waals surface area contributed by atoms with Crippen molar-refractivity contribution in [1.82, 2.24) is 10.2 Å². The van der Waals surface area contributed by atoms with Gasteiger partial charge in [-0.3, -0.25) is 0 Å². The van der Waals surface area contributed by atoms with Crippen molar-refractivity contribution in [3.05, 3.63) is 54.1 Å². The van der Waals surface area contributed by atoms with Crippen LogP contribution in [0.25, 0.3) is 0 Å². The van der Waals surface area contributed by atoms with E-state index in [2.05, 4.69) is 10.6 Å². The van der Waals surface area contributed by atoms with E-state index in [4.69, 9.17) is 5.14 Å². The van der Waals surface area contributed by atoms with E-state index in [-0.39, 0.29) is 32.3 Å². The van der Waals surface area contributed by atoms with Crippen molar-refractivity contribution in [2.45, 2.75) is 47.9 Å². The van der Waals surface area contributed by atoms with E-state index in [1.807, 2.05) is 12.1 Å². The summed E-state index contributed by atoms with van der Waals surface area (Å²) in [7, 11) is -3.70. The number of nitrogens with one attached hydrogen (secondary N) is 2. The number of nitrogens with two attached hydrogens (primary N) is 1. The predicted molar refractivity (Wildman–Crippen MR) is 128 cm³/mol. The van der Waals surface area contributed by atoms with Crippen molar-refractivity contribution < 1.29 is 22.8 Å². The molecule has 4 rings (SSSR count). The zero-order valence-electron chi connectivity index (χ0n) is 18.5. The Morgan fingerprint density at radius 1 is 1.03 bits per heavy atom. The number of hydrogen-bond acceptors (Lipinski definition) is 5. The van der Waals surface area contributed by atoms with Crippen LogP contribution in [0.1, 0.15) is 37.7 Å². The van der Waals surface area contributed by atoms with Gasteiger partial charge >= 0.3 is 199 Å². The number of hydrogen-bond donors (Lipinski definition) is 3. The van der Waals surface area contributed by atoms with Crippen LogP contribution in [0.4, 0.5) is 10.5 Å². The molecule has 1 spiro atoms. The van der Waals surface area contributed by atoms with Crippen molar-refractivity contribution in [1.29, 1.82) is 0 Å². The molecule has 1 aliphatic carbocycles. The Labute approximate surface area is 204 Å². The second-order valence-corrected chi connectivity index (χ2v) is 12.3. The van der Waals surface area contributed by atoms with Gasteiger partial charge in [0.1, 0.15) is 0 Å². The van der Waals surface area contributed by atoms with Gasteiger partial charge in [-0.05, 0) is 0 Å². The molecule has 1 aliphatic heterocycles. The summed E-state index contributed by atoms with van der Waals surface area (Å²) in [4.78, 5) is 38.7. The number of anilines is 1. The Kier molecular flexibility index (Phi) is 7.09. The van der Waals surface area contributed by atoms with Gasteiger partial charge in [-0.2, -0.15) is 0 Å². The first-order valence-corrected chi connectivity index (χ1v) is 14.6. The predicted octanol–water partition coefficient (Wildman–Crippen LogP) is 1.06. The number of nitrogens with zero attached hydrogens (tertiary/aromatic N) is 1. The number of sulfonamides is 1. The molecule has 0 radical (unpaired) electrons. The molecule has 2 aromatic carbocycles. The van der Waals surface area contributed by atoms with E-state index < -0.39 is 27.5 Å². The van der Waals surface area contributed by atoms with E-state index in [1.54, 1.807) is 24.3 Å². The number of amides is 4. The van der Waals surface area contributed by atoms with E-state index in [9.17, 15) is 22.8 Å². The normalized spacial score (nSPS) is 17.6. The van der Waals surface area contributed by atoms with Crippen molar-refractivity contribution in [2.75, 3.05) is 11.9 Å². The molecule has 2 fully saturated rings. The van der Waals surface area contributed by atoms with Crippen LogP contribution >= 0.6 is 0 Å². The Bertz CT molecular complexity index is 1190. The number of rotatable bonds is 7. The van der Waals surface area contributed by atoms with Gasteiger partial charge in [0, 0.05) is 0 Å². The summed E-state index contributed by atoms with van der Waals surface area (Å²) in [6.07, 6.45) is 4.07. The second kappa shape index (κ2) is 9.87. The summed E-state index contributed by atoms with van der Waals surface area (Å²) in [5.41, 5.74) is 0.758. The third kappa shape index (κ3) is 5.49. The van der Waals surface area contributed by atoms with Crippen LogP contribution in [0, 0.1) is 0 Å². The molecule has 1 saturated heterocycles. The third-order valence-corrected chi connectivity index (χ3v) is 9.25. The molecule has 1 saturated carbocycles. The number of urea groups is 1. The Balaban J connectivity index is 1.29. The molecule has 4 N–H and O–H groups in total. The van der Waals surface area contributed by atoms with Crippen LogP contribution in [0.15, 0.2) is 53.4 Å². The number of imide groups is 1. The van der Waals surface area contributed by atoms with Gasteiger partial charge in [0.25, 0.3) is 0 Å². The fraction of sp³-hybridized carbons (Fsp3) is 0.348. The molecule has 34 heavy (non-hydrogen) atoms. The fourth-order valence-corrected chi connectivity index (χ4v) is 6.54. The summed E-state index contributed by atoms with van der Waals surface area (Å²) in [6, 6.07) is 13.4. The molecule has 180 valence electrons. The van der Waals surface area contributed by atoms with Crippen molar-refractivity contribution >= 4 is 53.0 Å². The number of carbonyl (C=O) groups is 3. The SMILES string of the molecule is NS(=O)(=O)c1ccc(C[Se]c2ccc(NC(=O)CN3C(=O)NC4(CCCCC4)C3=O)cc2)cc1.